The van der Waals surface area contributed by atoms with Crippen molar-refractivity contribution >= 4 is 5.96 Å². The fourth-order valence-corrected chi connectivity index (χ4v) is 2.53. The van der Waals surface area contributed by atoms with Gasteiger partial charge in [0.05, 0.1) is 18.8 Å². The minimum absolute atomic E-state index is 0.0160. The summed E-state index contributed by atoms with van der Waals surface area (Å²) in [6, 6.07) is 0.565. The van der Waals surface area contributed by atoms with Gasteiger partial charge in [0.2, 0.25) is 0 Å². The van der Waals surface area contributed by atoms with Gasteiger partial charge in [-0.2, -0.15) is 0 Å². The van der Waals surface area contributed by atoms with Crippen LogP contribution in [0.5, 0.6) is 0 Å². The Bertz CT molecular complexity index is 328. The van der Waals surface area contributed by atoms with Crippen LogP contribution in [0.1, 0.15) is 40.5 Å². The maximum absolute atomic E-state index is 5.90. The predicted octanol–water partition coefficient (Wildman–Crippen LogP) is 0.941. The highest BCUT2D eigenvalue weighted by Gasteiger charge is 2.33. The summed E-state index contributed by atoms with van der Waals surface area (Å²) in [5, 5.41) is 3.23. The van der Waals surface area contributed by atoms with E-state index in [1.165, 1.54) is 12.8 Å². The van der Waals surface area contributed by atoms with Crippen molar-refractivity contribution in [1.82, 2.24) is 10.2 Å². The number of ether oxygens (including phenoxy) is 1. The summed E-state index contributed by atoms with van der Waals surface area (Å²) >= 11 is 0. The lowest BCUT2D eigenvalue weighted by molar-refractivity contribution is -0.0939. The number of nitrogens with two attached hydrogens (primary N) is 1. The Kier molecular flexibility index (Phi) is 4.36. The highest BCUT2D eigenvalue weighted by Crippen LogP contribution is 2.22. The van der Waals surface area contributed by atoms with E-state index in [0.29, 0.717) is 12.0 Å². The zero-order valence-electron chi connectivity index (χ0n) is 12.6. The molecule has 19 heavy (non-hydrogen) atoms. The zero-order chi connectivity index (χ0) is 14.0. The third kappa shape index (κ3) is 4.35. The molecule has 1 aliphatic heterocycles. The van der Waals surface area contributed by atoms with Crippen molar-refractivity contribution in [2.24, 2.45) is 10.7 Å². The third-order valence-corrected chi connectivity index (χ3v) is 3.84. The predicted molar refractivity (Wildman–Crippen MR) is 78.3 cm³/mol. The molecule has 0 aromatic heterocycles. The fourth-order valence-electron chi connectivity index (χ4n) is 2.53. The summed E-state index contributed by atoms with van der Waals surface area (Å²) in [6.45, 7) is 11.4. The molecule has 0 amide bonds. The molecule has 2 atom stereocenters. The molecule has 2 aliphatic rings. The topological polar surface area (TPSA) is 62.9 Å². The number of rotatable bonds is 4. The van der Waals surface area contributed by atoms with E-state index in [1.54, 1.807) is 0 Å². The third-order valence-electron chi connectivity index (χ3n) is 3.84. The molecule has 110 valence electrons. The van der Waals surface area contributed by atoms with E-state index in [9.17, 15) is 0 Å². The van der Waals surface area contributed by atoms with E-state index in [2.05, 4.69) is 42.9 Å². The number of morpholine rings is 1. The first kappa shape index (κ1) is 14.6. The summed E-state index contributed by atoms with van der Waals surface area (Å²) in [5.74, 6) is 0.588. The summed E-state index contributed by atoms with van der Waals surface area (Å²) in [5.41, 5.74) is 5.92. The van der Waals surface area contributed by atoms with Crippen LogP contribution >= 0.6 is 0 Å². The van der Waals surface area contributed by atoms with E-state index in [4.69, 9.17) is 10.5 Å². The van der Waals surface area contributed by atoms with Crippen LogP contribution in [0, 0.1) is 0 Å². The molecule has 2 fully saturated rings. The largest absolute Gasteiger partial charge is 0.373 e. The molecule has 1 saturated carbocycles. The minimum atomic E-state index is 0.0160. The van der Waals surface area contributed by atoms with Crippen molar-refractivity contribution in [3.05, 3.63) is 0 Å². The molecular formula is C14H28N4O. The standard InChI is InChI=1S/C14H28N4O/c1-10-7-18(8-11(2)19-10)14(3,4)9-16-13(15)17-12-5-6-12/h10-12H,5-9H2,1-4H3,(H3,15,16,17). The Labute approximate surface area is 116 Å². The van der Waals surface area contributed by atoms with E-state index in [1.807, 2.05) is 0 Å². The van der Waals surface area contributed by atoms with E-state index in [-0.39, 0.29) is 17.7 Å². The Morgan fingerprint density at radius 1 is 1.32 bits per heavy atom. The smallest absolute Gasteiger partial charge is 0.188 e. The van der Waals surface area contributed by atoms with Crippen LogP contribution in [-0.2, 0) is 4.74 Å². The van der Waals surface area contributed by atoms with Gasteiger partial charge < -0.3 is 15.8 Å². The molecule has 1 saturated heterocycles. The lowest BCUT2D eigenvalue weighted by Crippen LogP contribution is -2.56. The van der Waals surface area contributed by atoms with Gasteiger partial charge in [-0.15, -0.1) is 0 Å². The first-order valence-corrected chi connectivity index (χ1v) is 7.34. The number of nitrogens with one attached hydrogen (secondary N) is 1. The summed E-state index contributed by atoms with van der Waals surface area (Å²) < 4.78 is 5.78. The monoisotopic (exact) mass is 268 g/mol. The highest BCUT2D eigenvalue weighted by atomic mass is 16.5. The number of aliphatic imine (C=N–C) groups is 1. The molecule has 0 aromatic carbocycles. The summed E-state index contributed by atoms with van der Waals surface area (Å²) in [7, 11) is 0. The van der Waals surface area contributed by atoms with E-state index >= 15 is 0 Å². The van der Waals surface area contributed by atoms with Crippen molar-refractivity contribution in [2.75, 3.05) is 19.6 Å². The highest BCUT2D eigenvalue weighted by molar-refractivity contribution is 5.78. The van der Waals surface area contributed by atoms with Gasteiger partial charge in [-0.3, -0.25) is 9.89 Å². The average molecular weight is 268 g/mol. The van der Waals surface area contributed by atoms with E-state index < -0.39 is 0 Å². The maximum Gasteiger partial charge on any atom is 0.188 e. The number of nitrogens with zero attached hydrogens (tertiary/aromatic N) is 2. The molecule has 0 aromatic rings. The van der Waals surface area contributed by atoms with E-state index in [0.717, 1.165) is 19.6 Å². The van der Waals surface area contributed by atoms with Crippen LogP contribution in [0.2, 0.25) is 0 Å². The SMILES string of the molecule is CC1CN(C(C)(C)CN=C(N)NC2CC2)CC(C)O1. The van der Waals surface area contributed by atoms with Gasteiger partial charge in [0.15, 0.2) is 5.96 Å². The number of hydrogen-bond acceptors (Lipinski definition) is 3. The second-order valence-corrected chi connectivity index (χ2v) is 6.59. The van der Waals surface area contributed by atoms with Crippen molar-refractivity contribution < 1.29 is 4.74 Å². The maximum atomic E-state index is 5.90. The number of guanidine groups is 1. The normalized spacial score (nSPS) is 30.4. The molecule has 2 unspecified atom stereocenters. The Morgan fingerprint density at radius 3 is 2.42 bits per heavy atom. The lowest BCUT2D eigenvalue weighted by atomic mass is 10.0. The first-order valence-electron chi connectivity index (χ1n) is 7.34. The van der Waals surface area contributed by atoms with Crippen molar-refractivity contribution in [3.8, 4) is 0 Å². The summed E-state index contributed by atoms with van der Waals surface area (Å²) in [6.07, 6.45) is 3.01. The number of hydrogen-bond donors (Lipinski definition) is 2. The Hall–Kier alpha value is -0.810. The van der Waals surface area contributed by atoms with Gasteiger partial charge in [0.1, 0.15) is 0 Å². The minimum Gasteiger partial charge on any atom is -0.373 e. The van der Waals surface area contributed by atoms with Gasteiger partial charge in [-0.1, -0.05) is 0 Å². The molecule has 0 radical (unpaired) electrons. The van der Waals surface area contributed by atoms with Crippen molar-refractivity contribution in [2.45, 2.75) is 64.3 Å². The quantitative estimate of drug-likeness (QED) is 0.588. The van der Waals surface area contributed by atoms with Crippen molar-refractivity contribution in [1.29, 1.82) is 0 Å². The van der Waals surface area contributed by atoms with Gasteiger partial charge in [-0.05, 0) is 40.5 Å². The van der Waals surface area contributed by atoms with Gasteiger partial charge in [0, 0.05) is 24.7 Å². The molecular weight excluding hydrogens is 240 g/mol. The van der Waals surface area contributed by atoms with Gasteiger partial charge >= 0.3 is 0 Å². The molecule has 5 heteroatoms. The molecule has 2 rings (SSSR count). The molecule has 1 heterocycles. The molecule has 1 aliphatic carbocycles. The van der Waals surface area contributed by atoms with Crippen LogP contribution in [0.15, 0.2) is 4.99 Å². The second-order valence-electron chi connectivity index (χ2n) is 6.59. The molecule has 0 spiro atoms. The Morgan fingerprint density at radius 2 is 1.89 bits per heavy atom. The van der Waals surface area contributed by atoms with Crippen LogP contribution in [0.25, 0.3) is 0 Å². The molecule has 3 N–H and O–H groups in total. The average Bonchev–Trinajstić information content (AvgIpc) is 3.09. The van der Waals surface area contributed by atoms with Crippen molar-refractivity contribution in [3.63, 3.8) is 0 Å². The fraction of sp³-hybridized carbons (Fsp3) is 0.929. The van der Waals surface area contributed by atoms with Crippen LogP contribution in [0.3, 0.4) is 0 Å². The Balaban J connectivity index is 1.88. The van der Waals surface area contributed by atoms with Crippen LogP contribution < -0.4 is 11.1 Å². The van der Waals surface area contributed by atoms with Crippen LogP contribution in [-0.4, -0.2) is 54.3 Å². The molecule has 5 nitrogen and oxygen atoms in total. The zero-order valence-corrected chi connectivity index (χ0v) is 12.6. The van der Waals surface area contributed by atoms with Crippen LogP contribution in [0.4, 0.5) is 0 Å². The second kappa shape index (κ2) is 5.67. The molecule has 0 bridgehead atoms. The first-order chi connectivity index (χ1) is 8.87. The lowest BCUT2D eigenvalue weighted by Gasteiger charge is -2.44. The van der Waals surface area contributed by atoms with Gasteiger partial charge in [0.25, 0.3) is 0 Å². The summed E-state index contributed by atoms with van der Waals surface area (Å²) in [4.78, 5) is 6.96. The van der Waals surface area contributed by atoms with Gasteiger partial charge in [-0.25, -0.2) is 0 Å².